The topological polar surface area (TPSA) is 75.7 Å². The lowest BCUT2D eigenvalue weighted by molar-refractivity contribution is -0.145. The van der Waals surface area contributed by atoms with Crippen LogP contribution < -0.4 is 5.32 Å². The number of amides is 2. The average molecular weight is 550 g/mol. The standard InChI is InChI=1S/C14H25BN2O4.I2/c1-9(2)8-11(17(4)14(15)20)12(18)16-7-6-10(3)13(19)21-5;1-2/h9-11H,6-8H2,1-5H3,(H,16,18);/t10-,11-;/m0./s1. The summed E-state index contributed by atoms with van der Waals surface area (Å²) in [5.74, 6) is -1.25. The number of methoxy groups -OCH3 is 1. The summed E-state index contributed by atoms with van der Waals surface area (Å²) < 4.78 is 4.62. The summed E-state index contributed by atoms with van der Waals surface area (Å²) in [7, 11) is 8.07. The van der Waals surface area contributed by atoms with E-state index in [0.29, 0.717) is 19.4 Å². The van der Waals surface area contributed by atoms with Crippen molar-refractivity contribution < 1.29 is 19.1 Å². The number of nitrogens with one attached hydrogen (secondary N) is 1. The summed E-state index contributed by atoms with van der Waals surface area (Å²) >= 11 is 4.24. The molecule has 2 radical (unpaired) electrons. The van der Waals surface area contributed by atoms with Gasteiger partial charge in [0.15, 0.2) is 5.81 Å². The van der Waals surface area contributed by atoms with Gasteiger partial charge in [0.1, 0.15) is 6.04 Å². The number of carbonyl (C=O) groups is 3. The van der Waals surface area contributed by atoms with Crippen LogP contribution >= 0.6 is 37.2 Å². The summed E-state index contributed by atoms with van der Waals surface area (Å²) in [6.45, 7) is 6.01. The molecule has 0 rings (SSSR count). The van der Waals surface area contributed by atoms with Gasteiger partial charge < -0.3 is 15.0 Å². The number of hydrogen-bond donors (Lipinski definition) is 1. The number of rotatable bonds is 8. The first-order chi connectivity index (χ1) is 10.7. The number of likely N-dealkylation sites (N-methyl/N-ethyl adjacent to an activating group) is 1. The van der Waals surface area contributed by atoms with Gasteiger partial charge in [-0.3, -0.25) is 14.4 Å². The van der Waals surface area contributed by atoms with Crippen molar-refractivity contribution >= 4 is 62.8 Å². The molecule has 132 valence electrons. The quantitative estimate of drug-likeness (QED) is 0.287. The highest BCUT2D eigenvalue weighted by molar-refractivity contribution is 15.0. The molecule has 2 amide bonds. The van der Waals surface area contributed by atoms with Gasteiger partial charge in [-0.1, -0.05) is 20.8 Å². The van der Waals surface area contributed by atoms with Crippen LogP contribution in [0, 0.1) is 11.8 Å². The van der Waals surface area contributed by atoms with Gasteiger partial charge in [-0.2, -0.15) is 0 Å². The molecule has 0 aromatic heterocycles. The average Bonchev–Trinajstić information content (AvgIpc) is 2.52. The van der Waals surface area contributed by atoms with Gasteiger partial charge >= 0.3 is 5.97 Å². The highest BCUT2D eigenvalue weighted by Crippen LogP contribution is 2.11. The van der Waals surface area contributed by atoms with E-state index in [4.69, 9.17) is 7.85 Å². The van der Waals surface area contributed by atoms with Crippen molar-refractivity contribution in [1.29, 1.82) is 0 Å². The molecule has 0 heterocycles. The van der Waals surface area contributed by atoms with Crippen molar-refractivity contribution in [2.24, 2.45) is 11.8 Å². The van der Waals surface area contributed by atoms with Gasteiger partial charge in [-0.25, -0.2) is 0 Å². The molecule has 23 heavy (non-hydrogen) atoms. The van der Waals surface area contributed by atoms with E-state index >= 15 is 0 Å². The molecular weight excluding hydrogens is 525 g/mol. The third kappa shape index (κ3) is 11.2. The molecule has 0 spiro atoms. The highest BCUT2D eigenvalue weighted by atomic mass is 128. The monoisotopic (exact) mass is 550 g/mol. The van der Waals surface area contributed by atoms with E-state index in [-0.39, 0.29) is 23.7 Å². The largest absolute Gasteiger partial charge is 0.469 e. The van der Waals surface area contributed by atoms with Crippen LogP contribution in [0.25, 0.3) is 0 Å². The molecule has 9 heteroatoms. The van der Waals surface area contributed by atoms with Gasteiger partial charge in [0.25, 0.3) is 0 Å². The minimum absolute atomic E-state index is 0.247. The fraction of sp³-hybridized carbons (Fsp3) is 0.786. The molecule has 2 atom stereocenters. The van der Waals surface area contributed by atoms with Crippen LogP contribution in [0.1, 0.15) is 33.6 Å². The SMILES string of the molecule is II.[B]C(=O)N(C)[C@@H](CC(C)C)C(=O)NCC[C@H](C)C(=O)OC. The molecule has 0 aliphatic heterocycles. The lowest BCUT2D eigenvalue weighted by Crippen LogP contribution is -2.48. The zero-order valence-corrected chi connectivity index (χ0v) is 18.6. The highest BCUT2D eigenvalue weighted by Gasteiger charge is 2.25. The first-order valence-corrected chi connectivity index (χ1v) is 13.5. The number of hydrogen-bond acceptors (Lipinski definition) is 4. The summed E-state index contributed by atoms with van der Waals surface area (Å²) in [5.41, 5.74) is 0. The Kier molecular flexibility index (Phi) is 15.6. The minimum atomic E-state index is -0.640. The van der Waals surface area contributed by atoms with Crippen LogP contribution in [0.5, 0.6) is 0 Å². The first kappa shape index (κ1) is 25.2. The van der Waals surface area contributed by atoms with E-state index in [9.17, 15) is 14.4 Å². The van der Waals surface area contributed by atoms with Gasteiger partial charge in [0.2, 0.25) is 13.8 Å². The van der Waals surface area contributed by atoms with E-state index in [0.717, 1.165) is 0 Å². The molecule has 0 unspecified atom stereocenters. The summed E-state index contributed by atoms with van der Waals surface area (Å²) in [5, 5.41) is 2.74. The molecule has 6 nitrogen and oxygen atoms in total. The smallest absolute Gasteiger partial charge is 0.308 e. The molecule has 0 aliphatic carbocycles. The molecule has 0 aromatic rings. The zero-order chi connectivity index (χ0) is 18.6. The van der Waals surface area contributed by atoms with Crippen LogP contribution in [0.4, 0.5) is 4.79 Å². The second-order valence-electron chi connectivity index (χ2n) is 5.60. The van der Waals surface area contributed by atoms with Crippen LogP contribution in [0.15, 0.2) is 0 Å². The molecule has 0 bridgehead atoms. The maximum absolute atomic E-state index is 12.2. The summed E-state index contributed by atoms with van der Waals surface area (Å²) in [6.07, 6.45) is 1.00. The van der Waals surface area contributed by atoms with Gasteiger partial charge in [-0.05, 0) is 18.8 Å². The van der Waals surface area contributed by atoms with Crippen LogP contribution in [0.3, 0.4) is 0 Å². The Morgan fingerprint density at radius 2 is 1.74 bits per heavy atom. The summed E-state index contributed by atoms with van der Waals surface area (Å²) in [4.78, 5) is 35.9. The van der Waals surface area contributed by atoms with Gasteiger partial charge in [-0.15, -0.1) is 0 Å². The number of carbonyl (C=O) groups excluding carboxylic acids is 3. The fourth-order valence-corrected chi connectivity index (χ4v) is 1.89. The fourth-order valence-electron chi connectivity index (χ4n) is 1.89. The third-order valence-corrected chi connectivity index (χ3v) is 3.29. The summed E-state index contributed by atoms with van der Waals surface area (Å²) in [6, 6.07) is -0.601. The number of halogens is 2. The van der Waals surface area contributed by atoms with Crippen molar-refractivity contribution in [2.75, 3.05) is 20.7 Å². The predicted molar refractivity (Wildman–Crippen MR) is 109 cm³/mol. The number of esters is 1. The zero-order valence-electron chi connectivity index (χ0n) is 14.3. The molecule has 0 aliphatic rings. The number of nitrogens with zero attached hydrogens (tertiary/aromatic N) is 1. The van der Waals surface area contributed by atoms with Crippen molar-refractivity contribution in [3.8, 4) is 0 Å². The molecule has 0 saturated heterocycles. The second-order valence-corrected chi connectivity index (χ2v) is 5.60. The van der Waals surface area contributed by atoms with Gasteiger partial charge in [0.05, 0.1) is 13.0 Å². The molecular formula is C14H25BI2N2O4. The van der Waals surface area contributed by atoms with Crippen molar-refractivity contribution in [1.82, 2.24) is 10.2 Å². The molecule has 0 saturated carbocycles. The maximum Gasteiger partial charge on any atom is 0.308 e. The maximum atomic E-state index is 12.2. The Balaban J connectivity index is 0. The van der Waals surface area contributed by atoms with Gasteiger partial charge in [0, 0.05) is 50.8 Å². The lowest BCUT2D eigenvalue weighted by atomic mass is 9.99. The van der Waals surface area contributed by atoms with Crippen LogP contribution in [-0.2, 0) is 14.3 Å². The van der Waals surface area contributed by atoms with E-state index in [2.05, 4.69) is 47.3 Å². The Bertz CT molecular complexity index is 384. The first-order valence-electron chi connectivity index (χ1n) is 7.22. The molecule has 1 N–H and O–H groups in total. The minimum Gasteiger partial charge on any atom is -0.469 e. The third-order valence-electron chi connectivity index (χ3n) is 3.29. The van der Waals surface area contributed by atoms with E-state index < -0.39 is 11.8 Å². The molecule has 0 aromatic carbocycles. The van der Waals surface area contributed by atoms with Crippen molar-refractivity contribution in [3.05, 3.63) is 0 Å². The predicted octanol–water partition coefficient (Wildman–Crippen LogP) is 2.71. The van der Waals surface area contributed by atoms with E-state index in [1.165, 1.54) is 19.1 Å². The Morgan fingerprint density at radius 3 is 2.13 bits per heavy atom. The normalized spacial score (nSPS) is 12.5. The van der Waals surface area contributed by atoms with E-state index in [1.54, 1.807) is 6.92 Å². The van der Waals surface area contributed by atoms with Crippen molar-refractivity contribution in [2.45, 2.75) is 39.7 Å². The van der Waals surface area contributed by atoms with Crippen molar-refractivity contribution in [3.63, 3.8) is 0 Å². The molecule has 0 fully saturated rings. The number of ether oxygens (including phenoxy) is 1. The lowest BCUT2D eigenvalue weighted by Gasteiger charge is -2.28. The Labute approximate surface area is 163 Å². The van der Waals surface area contributed by atoms with Crippen LogP contribution in [-0.4, -0.2) is 57.2 Å². The van der Waals surface area contributed by atoms with Crippen LogP contribution in [0.2, 0.25) is 0 Å². The Hall–Kier alpha value is -0.0651. The van der Waals surface area contributed by atoms with E-state index in [1.807, 2.05) is 13.8 Å². The second kappa shape index (κ2) is 14.3. The Morgan fingerprint density at radius 1 is 1.22 bits per heavy atom.